The molecule has 0 saturated heterocycles. The number of benzene rings is 1. The second kappa shape index (κ2) is 6.52. The van der Waals surface area contributed by atoms with Crippen LogP contribution in [0.1, 0.15) is 15.9 Å². The Hall–Kier alpha value is -3.39. The molecule has 0 aromatic heterocycles. The van der Waals surface area contributed by atoms with Crippen LogP contribution in [0.15, 0.2) is 23.3 Å². The Labute approximate surface area is 114 Å². The van der Waals surface area contributed by atoms with Gasteiger partial charge in [-0.05, 0) is 18.2 Å². The average molecular weight is 270 g/mol. The summed E-state index contributed by atoms with van der Waals surface area (Å²) in [4.78, 5) is 11.5. The molecule has 0 atom stereocenters. The summed E-state index contributed by atoms with van der Waals surface area (Å²) in [5.41, 5.74) is 7.87. The van der Waals surface area contributed by atoms with Crippen LogP contribution >= 0.6 is 0 Å². The molecule has 8 heteroatoms. The van der Waals surface area contributed by atoms with Gasteiger partial charge in [-0.3, -0.25) is 10.8 Å². The van der Waals surface area contributed by atoms with E-state index in [0.717, 1.165) is 0 Å². The second-order valence-corrected chi connectivity index (χ2v) is 3.46. The van der Waals surface area contributed by atoms with Crippen molar-refractivity contribution in [2.45, 2.75) is 0 Å². The van der Waals surface area contributed by atoms with Gasteiger partial charge in [0.05, 0.1) is 23.9 Å². The van der Waals surface area contributed by atoms with Gasteiger partial charge in [-0.1, -0.05) is 0 Å². The zero-order chi connectivity index (χ0) is 15.1. The Morgan fingerprint density at radius 2 is 2.20 bits per heavy atom. The molecule has 1 rings (SSSR count). The van der Waals surface area contributed by atoms with E-state index in [9.17, 15) is 4.79 Å². The van der Waals surface area contributed by atoms with Gasteiger partial charge in [-0.25, -0.2) is 4.79 Å². The summed E-state index contributed by atoms with van der Waals surface area (Å²) in [6, 6.07) is 7.74. The monoisotopic (exact) mass is 270 g/mol. The summed E-state index contributed by atoms with van der Waals surface area (Å²) in [7, 11) is 1.20. The molecule has 0 aliphatic heterocycles. The lowest BCUT2D eigenvalue weighted by atomic mass is 10.1. The van der Waals surface area contributed by atoms with E-state index >= 15 is 0 Å². The number of anilines is 1. The van der Waals surface area contributed by atoms with Gasteiger partial charge in [-0.15, -0.1) is 0 Å². The van der Waals surface area contributed by atoms with Crippen LogP contribution < -0.4 is 11.2 Å². The van der Waals surface area contributed by atoms with E-state index < -0.39 is 11.8 Å². The van der Waals surface area contributed by atoms with Gasteiger partial charge in [0, 0.05) is 0 Å². The molecule has 0 aliphatic rings. The van der Waals surface area contributed by atoms with E-state index in [1.165, 1.54) is 25.3 Å². The van der Waals surface area contributed by atoms with Crippen molar-refractivity contribution in [1.82, 2.24) is 0 Å². The first-order valence-electron chi connectivity index (χ1n) is 5.24. The summed E-state index contributed by atoms with van der Waals surface area (Å²) in [6.45, 7) is 0. The lowest BCUT2D eigenvalue weighted by molar-refractivity contribution is 0.0600. The SMILES string of the molecule is COC(=O)c1cc(N/N=C(\C#N)C(=N)N)ccc1C#N. The lowest BCUT2D eigenvalue weighted by Gasteiger charge is -2.05. The number of esters is 1. The molecule has 1 aromatic carbocycles. The summed E-state index contributed by atoms with van der Waals surface area (Å²) in [5, 5.41) is 28.3. The van der Waals surface area contributed by atoms with E-state index in [1.807, 2.05) is 6.07 Å². The Kier molecular flexibility index (Phi) is 4.78. The first-order valence-corrected chi connectivity index (χ1v) is 5.24. The molecule has 0 saturated carbocycles. The van der Waals surface area contributed by atoms with Crippen molar-refractivity contribution in [1.29, 1.82) is 15.9 Å². The van der Waals surface area contributed by atoms with Crippen LogP contribution in [0, 0.1) is 28.1 Å². The van der Waals surface area contributed by atoms with Crippen LogP contribution in [-0.4, -0.2) is 24.6 Å². The second-order valence-electron chi connectivity index (χ2n) is 3.46. The van der Waals surface area contributed by atoms with Crippen LogP contribution in [0.3, 0.4) is 0 Å². The zero-order valence-electron chi connectivity index (χ0n) is 10.5. The Balaban J connectivity index is 3.11. The fraction of sp³-hybridized carbons (Fsp3) is 0.0833. The maximum atomic E-state index is 11.5. The van der Waals surface area contributed by atoms with Crippen molar-refractivity contribution >= 4 is 23.2 Å². The standard InChI is InChI=1S/C12H10N6O2/c1-20-12(19)9-4-8(3-2-7(9)5-13)17-18-10(6-14)11(15)16/h2-4,17H,1H3,(H3,15,16)/b18-10+. The molecule has 0 heterocycles. The van der Waals surface area contributed by atoms with Gasteiger partial charge in [0.2, 0.25) is 5.71 Å². The van der Waals surface area contributed by atoms with Crippen LogP contribution in [0.25, 0.3) is 0 Å². The van der Waals surface area contributed by atoms with E-state index in [1.54, 1.807) is 6.07 Å². The maximum Gasteiger partial charge on any atom is 0.339 e. The largest absolute Gasteiger partial charge is 0.465 e. The maximum absolute atomic E-state index is 11.5. The third-order valence-corrected chi connectivity index (χ3v) is 2.20. The number of nitrogens with one attached hydrogen (secondary N) is 2. The predicted molar refractivity (Wildman–Crippen MR) is 71.1 cm³/mol. The Bertz CT molecular complexity index is 666. The summed E-state index contributed by atoms with van der Waals surface area (Å²) >= 11 is 0. The summed E-state index contributed by atoms with van der Waals surface area (Å²) in [6.07, 6.45) is 0. The molecule has 1 aromatic rings. The van der Waals surface area contributed by atoms with Gasteiger partial charge >= 0.3 is 5.97 Å². The molecule has 0 fully saturated rings. The molecule has 0 unspecified atom stereocenters. The lowest BCUT2D eigenvalue weighted by Crippen LogP contribution is -2.21. The first-order chi connectivity index (χ1) is 9.53. The Morgan fingerprint density at radius 3 is 2.70 bits per heavy atom. The number of nitriles is 2. The van der Waals surface area contributed by atoms with Gasteiger partial charge in [0.25, 0.3) is 0 Å². The first kappa shape index (κ1) is 14.7. The highest BCUT2D eigenvalue weighted by Crippen LogP contribution is 2.16. The third kappa shape index (κ3) is 3.31. The summed E-state index contributed by atoms with van der Waals surface area (Å²) in [5.74, 6) is -1.15. The Morgan fingerprint density at radius 1 is 1.50 bits per heavy atom. The summed E-state index contributed by atoms with van der Waals surface area (Å²) < 4.78 is 4.56. The number of carbonyl (C=O) groups is 1. The van der Waals surface area contributed by atoms with Crippen molar-refractivity contribution in [3.05, 3.63) is 29.3 Å². The minimum absolute atomic E-state index is 0.0662. The minimum atomic E-state index is -0.666. The molecule has 0 spiro atoms. The van der Waals surface area contributed by atoms with Gasteiger partial charge in [0.15, 0.2) is 5.84 Å². The number of hydrazone groups is 1. The molecule has 20 heavy (non-hydrogen) atoms. The number of hydrogen-bond donors (Lipinski definition) is 3. The average Bonchev–Trinajstić information content (AvgIpc) is 2.46. The number of amidine groups is 1. The smallest absolute Gasteiger partial charge is 0.339 e. The molecule has 0 radical (unpaired) electrons. The van der Waals surface area contributed by atoms with E-state index in [4.69, 9.17) is 21.7 Å². The topological polar surface area (TPSA) is 148 Å². The minimum Gasteiger partial charge on any atom is -0.465 e. The molecule has 0 aliphatic carbocycles. The zero-order valence-corrected chi connectivity index (χ0v) is 10.5. The number of rotatable bonds is 4. The highest BCUT2D eigenvalue weighted by Gasteiger charge is 2.12. The quantitative estimate of drug-likeness (QED) is 0.315. The van der Waals surface area contributed by atoms with Crippen molar-refractivity contribution in [2.24, 2.45) is 10.8 Å². The highest BCUT2D eigenvalue weighted by atomic mass is 16.5. The van der Waals surface area contributed by atoms with Crippen LogP contribution in [-0.2, 0) is 4.74 Å². The van der Waals surface area contributed by atoms with Crippen molar-refractivity contribution in [3.63, 3.8) is 0 Å². The predicted octanol–water partition coefficient (Wildman–Crippen LogP) is 0.572. The number of methoxy groups -OCH3 is 1. The van der Waals surface area contributed by atoms with Crippen molar-refractivity contribution in [2.75, 3.05) is 12.5 Å². The van der Waals surface area contributed by atoms with E-state index in [-0.39, 0.29) is 16.8 Å². The van der Waals surface area contributed by atoms with Gasteiger partial charge in [0.1, 0.15) is 12.1 Å². The van der Waals surface area contributed by atoms with Gasteiger partial charge < -0.3 is 10.5 Å². The molecule has 8 nitrogen and oxygen atoms in total. The number of nitrogens with two attached hydrogens (primary N) is 1. The van der Waals surface area contributed by atoms with E-state index in [0.29, 0.717) is 5.69 Å². The number of carbonyl (C=O) groups excluding carboxylic acids is 1. The fourth-order valence-electron chi connectivity index (χ4n) is 1.26. The molecule has 0 bridgehead atoms. The molecule has 0 amide bonds. The van der Waals surface area contributed by atoms with Crippen LogP contribution in [0.4, 0.5) is 5.69 Å². The molecule has 100 valence electrons. The van der Waals surface area contributed by atoms with E-state index in [2.05, 4.69) is 15.3 Å². The van der Waals surface area contributed by atoms with Crippen LogP contribution in [0.5, 0.6) is 0 Å². The normalized spacial score (nSPS) is 10.1. The van der Waals surface area contributed by atoms with Crippen LogP contribution in [0.2, 0.25) is 0 Å². The van der Waals surface area contributed by atoms with Crippen molar-refractivity contribution < 1.29 is 9.53 Å². The molecular formula is C12H10N6O2. The highest BCUT2D eigenvalue weighted by molar-refractivity contribution is 6.45. The number of hydrogen-bond acceptors (Lipinski definition) is 7. The third-order valence-electron chi connectivity index (χ3n) is 2.20. The number of ether oxygens (including phenoxy) is 1. The number of nitrogens with zero attached hydrogens (tertiary/aromatic N) is 3. The molecular weight excluding hydrogens is 260 g/mol. The van der Waals surface area contributed by atoms with Crippen molar-refractivity contribution in [3.8, 4) is 12.1 Å². The fourth-order valence-corrected chi connectivity index (χ4v) is 1.26. The van der Waals surface area contributed by atoms with Gasteiger partial charge in [-0.2, -0.15) is 15.6 Å². The molecule has 4 N–H and O–H groups in total.